The van der Waals surface area contributed by atoms with Crippen molar-refractivity contribution < 1.29 is 5.21 Å². The molecule has 4 N–H and O–H groups in total. The van der Waals surface area contributed by atoms with E-state index in [4.69, 9.17) is 10.9 Å². The number of amidine groups is 1. The zero-order valence-electron chi connectivity index (χ0n) is 10.8. The lowest BCUT2D eigenvalue weighted by Gasteiger charge is -2.19. The summed E-state index contributed by atoms with van der Waals surface area (Å²) in [7, 11) is 1.93. The molecule has 1 aromatic rings. The van der Waals surface area contributed by atoms with Gasteiger partial charge < -0.3 is 20.8 Å². The van der Waals surface area contributed by atoms with E-state index < -0.39 is 0 Å². The lowest BCUT2D eigenvalue weighted by atomic mass is 10.0. The van der Waals surface area contributed by atoms with Crippen LogP contribution in [0, 0.1) is 5.41 Å². The fraction of sp³-hybridized carbons (Fsp3) is 0.727. The Bertz CT molecular complexity index is 436. The summed E-state index contributed by atoms with van der Waals surface area (Å²) in [4.78, 5) is 0. The third-order valence-electron chi connectivity index (χ3n) is 3.56. The van der Waals surface area contributed by atoms with Crippen molar-refractivity contribution in [3.63, 3.8) is 0 Å². The minimum Gasteiger partial charge on any atom is -0.409 e. The van der Waals surface area contributed by atoms with Gasteiger partial charge in [0.1, 0.15) is 18.0 Å². The molecule has 1 aliphatic rings. The smallest absolute Gasteiger partial charge is 0.149 e. The fourth-order valence-corrected chi connectivity index (χ4v) is 2.16. The lowest BCUT2D eigenvalue weighted by Crippen LogP contribution is -2.31. The van der Waals surface area contributed by atoms with Gasteiger partial charge in [-0.1, -0.05) is 5.16 Å². The predicted molar refractivity (Wildman–Crippen MR) is 67.1 cm³/mol. The van der Waals surface area contributed by atoms with Gasteiger partial charge in [0.05, 0.1) is 6.04 Å². The van der Waals surface area contributed by atoms with Crippen molar-refractivity contribution in [3.8, 4) is 0 Å². The number of hydrogen-bond acceptors (Lipinski definition) is 5. The minimum absolute atomic E-state index is 0.141. The van der Waals surface area contributed by atoms with Crippen molar-refractivity contribution in [3.05, 3.63) is 12.2 Å². The van der Waals surface area contributed by atoms with Gasteiger partial charge in [-0.15, -0.1) is 10.2 Å². The average Bonchev–Trinajstić information content (AvgIpc) is 2.98. The standard InChI is InChI=1S/C11H20N6O/c1-8(10-15-14-7-17(10)2)13-6-11(3-4-11)5-9(12)16-18/h7-8,13,18H,3-6H2,1-2H3,(H2,12,16). The summed E-state index contributed by atoms with van der Waals surface area (Å²) in [5.41, 5.74) is 5.73. The van der Waals surface area contributed by atoms with E-state index in [-0.39, 0.29) is 11.5 Å². The van der Waals surface area contributed by atoms with Gasteiger partial charge in [0, 0.05) is 20.0 Å². The van der Waals surface area contributed by atoms with Crippen molar-refractivity contribution in [2.24, 2.45) is 23.4 Å². The van der Waals surface area contributed by atoms with Crippen LogP contribution in [0.15, 0.2) is 11.5 Å². The summed E-state index contributed by atoms with van der Waals surface area (Å²) in [6.07, 6.45) is 4.56. The van der Waals surface area contributed by atoms with Gasteiger partial charge >= 0.3 is 0 Å². The number of aryl methyl sites for hydroxylation is 1. The van der Waals surface area contributed by atoms with E-state index in [0.717, 1.165) is 25.2 Å². The summed E-state index contributed by atoms with van der Waals surface area (Å²) in [6, 6.07) is 0.141. The molecule has 0 radical (unpaired) electrons. The first-order valence-corrected chi connectivity index (χ1v) is 6.10. The van der Waals surface area contributed by atoms with E-state index in [9.17, 15) is 0 Å². The molecule has 7 nitrogen and oxygen atoms in total. The quantitative estimate of drug-likeness (QED) is 0.294. The van der Waals surface area contributed by atoms with Crippen LogP contribution in [0.1, 0.15) is 38.1 Å². The Balaban J connectivity index is 1.87. The molecule has 2 rings (SSSR count). The van der Waals surface area contributed by atoms with E-state index in [1.807, 2.05) is 11.6 Å². The fourth-order valence-electron chi connectivity index (χ4n) is 2.16. The van der Waals surface area contributed by atoms with E-state index >= 15 is 0 Å². The van der Waals surface area contributed by atoms with E-state index in [0.29, 0.717) is 12.3 Å². The Morgan fingerprint density at radius 2 is 2.44 bits per heavy atom. The number of oxime groups is 1. The summed E-state index contributed by atoms with van der Waals surface area (Å²) in [6.45, 7) is 2.90. The van der Waals surface area contributed by atoms with Gasteiger partial charge in [0.2, 0.25) is 0 Å². The van der Waals surface area contributed by atoms with E-state index in [1.165, 1.54) is 0 Å². The van der Waals surface area contributed by atoms with Crippen LogP contribution in [-0.4, -0.2) is 32.4 Å². The summed E-state index contributed by atoms with van der Waals surface area (Å²) < 4.78 is 1.90. The van der Waals surface area contributed by atoms with Crippen molar-refractivity contribution >= 4 is 5.84 Å². The molecule has 1 fully saturated rings. The molecule has 0 bridgehead atoms. The summed E-state index contributed by atoms with van der Waals surface area (Å²) >= 11 is 0. The van der Waals surface area contributed by atoms with E-state index in [1.54, 1.807) is 6.33 Å². The number of nitrogens with zero attached hydrogens (tertiary/aromatic N) is 4. The molecule has 1 saturated carbocycles. The highest BCUT2D eigenvalue weighted by atomic mass is 16.4. The molecule has 1 aromatic heterocycles. The van der Waals surface area contributed by atoms with E-state index in [2.05, 4.69) is 27.6 Å². The Labute approximate surface area is 106 Å². The third-order valence-corrected chi connectivity index (χ3v) is 3.56. The minimum atomic E-state index is 0.141. The Morgan fingerprint density at radius 3 is 2.94 bits per heavy atom. The number of nitrogens with two attached hydrogens (primary N) is 1. The Hall–Kier alpha value is -1.63. The largest absolute Gasteiger partial charge is 0.409 e. The predicted octanol–water partition coefficient (Wildman–Crippen LogP) is 0.382. The van der Waals surface area contributed by atoms with Gasteiger partial charge in [0.25, 0.3) is 0 Å². The highest BCUT2D eigenvalue weighted by Gasteiger charge is 2.43. The van der Waals surface area contributed by atoms with Crippen molar-refractivity contribution in [2.75, 3.05) is 6.54 Å². The molecule has 100 valence electrons. The molecule has 1 atom stereocenters. The Morgan fingerprint density at radius 1 is 1.72 bits per heavy atom. The molecule has 0 aliphatic heterocycles. The average molecular weight is 252 g/mol. The molecule has 0 amide bonds. The highest BCUT2D eigenvalue weighted by molar-refractivity contribution is 5.80. The highest BCUT2D eigenvalue weighted by Crippen LogP contribution is 2.48. The van der Waals surface area contributed by atoms with Crippen molar-refractivity contribution in [2.45, 2.75) is 32.2 Å². The summed E-state index contributed by atoms with van der Waals surface area (Å²) in [5.74, 6) is 1.22. The zero-order valence-corrected chi connectivity index (χ0v) is 10.8. The molecule has 1 aliphatic carbocycles. The molecule has 0 spiro atoms. The first kappa shape index (κ1) is 12.8. The zero-order chi connectivity index (χ0) is 13.2. The normalized spacial score (nSPS) is 19.8. The molecule has 1 unspecified atom stereocenters. The first-order chi connectivity index (χ1) is 8.56. The number of hydrogen-bond donors (Lipinski definition) is 3. The van der Waals surface area contributed by atoms with Gasteiger partial charge in [-0.05, 0) is 25.2 Å². The molecular formula is C11H20N6O. The summed E-state index contributed by atoms with van der Waals surface area (Å²) in [5, 5.41) is 23.0. The topological polar surface area (TPSA) is 101 Å². The van der Waals surface area contributed by atoms with Crippen LogP contribution in [0.2, 0.25) is 0 Å². The molecule has 0 aromatic carbocycles. The maximum absolute atomic E-state index is 8.61. The van der Waals surface area contributed by atoms with Crippen LogP contribution in [-0.2, 0) is 7.05 Å². The monoisotopic (exact) mass is 252 g/mol. The van der Waals surface area contributed by atoms with Crippen LogP contribution in [0.5, 0.6) is 0 Å². The van der Waals surface area contributed by atoms with Crippen LogP contribution < -0.4 is 11.1 Å². The molecule has 1 heterocycles. The second-order valence-electron chi connectivity index (χ2n) is 5.17. The van der Waals surface area contributed by atoms with Crippen LogP contribution in [0.3, 0.4) is 0 Å². The van der Waals surface area contributed by atoms with Crippen molar-refractivity contribution in [1.82, 2.24) is 20.1 Å². The van der Waals surface area contributed by atoms with Gasteiger partial charge in [-0.25, -0.2) is 0 Å². The maximum atomic E-state index is 8.61. The van der Waals surface area contributed by atoms with Gasteiger partial charge in [-0.2, -0.15) is 0 Å². The second kappa shape index (κ2) is 4.93. The molecular weight excluding hydrogens is 232 g/mol. The number of nitrogens with one attached hydrogen (secondary N) is 1. The van der Waals surface area contributed by atoms with Crippen LogP contribution in [0.4, 0.5) is 0 Å². The Kier molecular flexibility index (Phi) is 3.51. The first-order valence-electron chi connectivity index (χ1n) is 6.10. The van der Waals surface area contributed by atoms with Crippen LogP contribution >= 0.6 is 0 Å². The number of aromatic nitrogens is 3. The molecule has 7 heteroatoms. The third kappa shape index (κ3) is 2.79. The number of rotatable bonds is 6. The maximum Gasteiger partial charge on any atom is 0.149 e. The molecule has 18 heavy (non-hydrogen) atoms. The van der Waals surface area contributed by atoms with Gasteiger partial charge in [0.15, 0.2) is 0 Å². The second-order valence-corrected chi connectivity index (χ2v) is 5.17. The van der Waals surface area contributed by atoms with Gasteiger partial charge in [-0.3, -0.25) is 0 Å². The SMILES string of the molecule is CC(NCC1(CC(N)=NO)CC1)c1nncn1C. The molecule has 0 saturated heterocycles. The van der Waals surface area contributed by atoms with Crippen molar-refractivity contribution in [1.29, 1.82) is 0 Å². The van der Waals surface area contributed by atoms with Crippen LogP contribution in [0.25, 0.3) is 0 Å². The lowest BCUT2D eigenvalue weighted by molar-refractivity contribution is 0.313.